The first kappa shape index (κ1) is 16.4. The summed E-state index contributed by atoms with van der Waals surface area (Å²) in [5, 5.41) is 2.98. The summed E-state index contributed by atoms with van der Waals surface area (Å²) >= 11 is 0. The quantitative estimate of drug-likeness (QED) is 0.861. The monoisotopic (exact) mass is 305 g/mol. The van der Waals surface area contributed by atoms with Crippen molar-refractivity contribution in [3.05, 3.63) is 23.8 Å². The molecule has 120 valence electrons. The van der Waals surface area contributed by atoms with Gasteiger partial charge in [-0.25, -0.2) is 9.78 Å². The van der Waals surface area contributed by atoms with Gasteiger partial charge in [-0.1, -0.05) is 19.8 Å². The number of hydrogen-bond donors (Lipinski definition) is 1. The van der Waals surface area contributed by atoms with E-state index in [2.05, 4.69) is 22.2 Å². The minimum atomic E-state index is -0.843. The molecule has 1 aromatic heterocycles. The zero-order chi connectivity index (χ0) is 16.1. The summed E-state index contributed by atoms with van der Waals surface area (Å²) in [5.41, 5.74) is 0.824. The topological polar surface area (TPSA) is 81.2 Å². The van der Waals surface area contributed by atoms with Gasteiger partial charge in [0.1, 0.15) is 0 Å². The van der Waals surface area contributed by atoms with Gasteiger partial charge in [-0.05, 0) is 32.6 Å². The third-order valence-electron chi connectivity index (χ3n) is 4.08. The number of ether oxygens (including phenoxy) is 1. The van der Waals surface area contributed by atoms with Gasteiger partial charge in [0.2, 0.25) is 0 Å². The zero-order valence-corrected chi connectivity index (χ0v) is 13.3. The lowest BCUT2D eigenvalue weighted by atomic mass is 9.86. The molecule has 3 atom stereocenters. The maximum absolute atomic E-state index is 12.2. The van der Waals surface area contributed by atoms with E-state index in [1.54, 1.807) is 13.8 Å². The third-order valence-corrected chi connectivity index (χ3v) is 4.08. The molecule has 1 aliphatic rings. The predicted molar refractivity (Wildman–Crippen MR) is 81.2 cm³/mol. The fraction of sp³-hybridized carbons (Fsp3) is 0.625. The molecule has 6 nitrogen and oxygen atoms in total. The number of hydrogen-bond acceptors (Lipinski definition) is 5. The van der Waals surface area contributed by atoms with E-state index in [1.165, 1.54) is 18.8 Å². The van der Waals surface area contributed by atoms with Crippen LogP contribution in [0.15, 0.2) is 12.4 Å². The molecule has 0 bridgehead atoms. The maximum atomic E-state index is 12.2. The van der Waals surface area contributed by atoms with Crippen LogP contribution in [0.25, 0.3) is 0 Å². The molecule has 6 heteroatoms. The molecular weight excluding hydrogens is 282 g/mol. The van der Waals surface area contributed by atoms with Gasteiger partial charge in [-0.2, -0.15) is 0 Å². The molecule has 2 rings (SSSR count). The highest BCUT2D eigenvalue weighted by atomic mass is 16.5. The number of nitrogens with one attached hydrogen (secondary N) is 1. The van der Waals surface area contributed by atoms with E-state index in [4.69, 9.17) is 4.74 Å². The van der Waals surface area contributed by atoms with Crippen molar-refractivity contribution < 1.29 is 14.3 Å². The van der Waals surface area contributed by atoms with Crippen molar-refractivity contribution in [3.63, 3.8) is 0 Å². The number of aromatic nitrogens is 2. The SMILES string of the molecule is Cc1cnc(C(=O)O[C@H](C)C(=O)N[C@H]2CCCC[C@H]2C)cn1. The number of nitrogens with zero attached hydrogens (tertiary/aromatic N) is 2. The highest BCUT2D eigenvalue weighted by Crippen LogP contribution is 2.23. The largest absolute Gasteiger partial charge is 0.448 e. The highest BCUT2D eigenvalue weighted by Gasteiger charge is 2.26. The van der Waals surface area contributed by atoms with Crippen molar-refractivity contribution >= 4 is 11.9 Å². The molecule has 1 amide bonds. The molecule has 1 heterocycles. The molecule has 0 unspecified atom stereocenters. The Kier molecular flexibility index (Phi) is 5.46. The molecule has 1 aliphatic carbocycles. The summed E-state index contributed by atoms with van der Waals surface area (Å²) < 4.78 is 5.16. The molecule has 1 fully saturated rings. The fourth-order valence-corrected chi connectivity index (χ4v) is 2.60. The van der Waals surface area contributed by atoms with E-state index in [0.29, 0.717) is 11.6 Å². The highest BCUT2D eigenvalue weighted by molar-refractivity contribution is 5.90. The lowest BCUT2D eigenvalue weighted by Crippen LogP contribution is -2.46. The van der Waals surface area contributed by atoms with Crippen LogP contribution < -0.4 is 5.32 Å². The molecular formula is C16H23N3O3. The Balaban J connectivity index is 1.87. The molecule has 0 saturated heterocycles. The predicted octanol–water partition coefficient (Wildman–Crippen LogP) is 2.03. The van der Waals surface area contributed by atoms with Crippen LogP contribution in [0.2, 0.25) is 0 Å². The van der Waals surface area contributed by atoms with Gasteiger partial charge in [0.25, 0.3) is 5.91 Å². The number of carbonyl (C=O) groups excluding carboxylic acids is 2. The first-order valence-corrected chi connectivity index (χ1v) is 7.77. The van der Waals surface area contributed by atoms with E-state index in [0.717, 1.165) is 19.3 Å². The van der Waals surface area contributed by atoms with E-state index in [-0.39, 0.29) is 17.6 Å². The van der Waals surface area contributed by atoms with Gasteiger partial charge in [-0.3, -0.25) is 9.78 Å². The Bertz CT molecular complexity index is 530. The van der Waals surface area contributed by atoms with Gasteiger partial charge in [0.15, 0.2) is 11.8 Å². The lowest BCUT2D eigenvalue weighted by molar-refractivity contribution is -0.130. The number of esters is 1. The second-order valence-corrected chi connectivity index (χ2v) is 5.97. The van der Waals surface area contributed by atoms with Crippen LogP contribution in [0, 0.1) is 12.8 Å². The van der Waals surface area contributed by atoms with Crippen LogP contribution >= 0.6 is 0 Å². The smallest absolute Gasteiger partial charge is 0.359 e. The standard InChI is InChI=1S/C16H23N3O3/c1-10-6-4-5-7-13(10)19-15(20)12(3)22-16(21)14-9-17-11(2)8-18-14/h8-10,12-13H,4-7H2,1-3H3,(H,19,20)/t10-,12-,13+/m1/s1. The van der Waals surface area contributed by atoms with Crippen LogP contribution in [-0.2, 0) is 9.53 Å². The van der Waals surface area contributed by atoms with Gasteiger partial charge >= 0.3 is 5.97 Å². The Morgan fingerprint density at radius 2 is 2.00 bits per heavy atom. The molecule has 0 radical (unpaired) electrons. The summed E-state index contributed by atoms with van der Waals surface area (Å²) in [4.78, 5) is 32.0. The second kappa shape index (κ2) is 7.33. The molecule has 1 N–H and O–H groups in total. The molecule has 22 heavy (non-hydrogen) atoms. The summed E-state index contributed by atoms with van der Waals surface area (Å²) in [7, 11) is 0. The van der Waals surface area contributed by atoms with Crippen molar-refractivity contribution in [2.75, 3.05) is 0 Å². The van der Waals surface area contributed by atoms with Crippen LogP contribution in [0.4, 0.5) is 0 Å². The summed E-state index contributed by atoms with van der Waals surface area (Å²) in [5.74, 6) is -0.428. The Morgan fingerprint density at radius 3 is 2.64 bits per heavy atom. The maximum Gasteiger partial charge on any atom is 0.359 e. The average molecular weight is 305 g/mol. The van der Waals surface area contributed by atoms with Gasteiger partial charge < -0.3 is 10.1 Å². The molecule has 1 aromatic rings. The molecule has 0 spiro atoms. The van der Waals surface area contributed by atoms with Crippen molar-refractivity contribution in [2.45, 2.75) is 58.6 Å². The molecule has 0 aromatic carbocycles. The number of aryl methyl sites for hydroxylation is 1. The zero-order valence-electron chi connectivity index (χ0n) is 13.3. The first-order chi connectivity index (χ1) is 10.5. The number of rotatable bonds is 4. The second-order valence-electron chi connectivity index (χ2n) is 5.97. The van der Waals surface area contributed by atoms with E-state index >= 15 is 0 Å². The average Bonchev–Trinajstić information content (AvgIpc) is 2.50. The van der Waals surface area contributed by atoms with Crippen LogP contribution in [0.3, 0.4) is 0 Å². The third kappa shape index (κ3) is 4.26. The fourth-order valence-electron chi connectivity index (χ4n) is 2.60. The lowest BCUT2D eigenvalue weighted by Gasteiger charge is -2.30. The summed E-state index contributed by atoms with van der Waals surface area (Å²) in [6, 6.07) is 0.168. The van der Waals surface area contributed by atoms with Gasteiger partial charge in [-0.15, -0.1) is 0 Å². The van der Waals surface area contributed by atoms with Crippen LogP contribution in [0.5, 0.6) is 0 Å². The number of carbonyl (C=O) groups is 2. The minimum Gasteiger partial charge on any atom is -0.448 e. The van der Waals surface area contributed by atoms with Gasteiger partial charge in [0, 0.05) is 12.2 Å². The molecule has 1 saturated carbocycles. The Labute approximate surface area is 130 Å². The van der Waals surface area contributed by atoms with Gasteiger partial charge in [0.05, 0.1) is 11.9 Å². The van der Waals surface area contributed by atoms with E-state index < -0.39 is 12.1 Å². The Hall–Kier alpha value is -1.98. The van der Waals surface area contributed by atoms with E-state index in [1.807, 2.05) is 0 Å². The van der Waals surface area contributed by atoms with Crippen LogP contribution in [0.1, 0.15) is 55.7 Å². The normalized spacial score (nSPS) is 22.7. The van der Waals surface area contributed by atoms with Crippen molar-refractivity contribution in [2.24, 2.45) is 5.92 Å². The first-order valence-electron chi connectivity index (χ1n) is 7.77. The molecule has 0 aliphatic heterocycles. The minimum absolute atomic E-state index is 0.108. The van der Waals surface area contributed by atoms with Crippen molar-refractivity contribution in [1.82, 2.24) is 15.3 Å². The van der Waals surface area contributed by atoms with Crippen LogP contribution in [-0.4, -0.2) is 34.0 Å². The summed E-state index contributed by atoms with van der Waals surface area (Å²) in [6.07, 6.45) is 6.45. The Morgan fingerprint density at radius 1 is 1.27 bits per heavy atom. The number of amides is 1. The van der Waals surface area contributed by atoms with Crippen molar-refractivity contribution in [3.8, 4) is 0 Å². The van der Waals surface area contributed by atoms with E-state index in [9.17, 15) is 9.59 Å². The van der Waals surface area contributed by atoms with Crippen molar-refractivity contribution in [1.29, 1.82) is 0 Å². The summed E-state index contributed by atoms with van der Waals surface area (Å²) in [6.45, 7) is 5.49.